The molecule has 12 heteroatoms. The molecule has 9 nitrogen and oxygen atoms in total. The zero-order valence-corrected chi connectivity index (χ0v) is 20.4. The van der Waals surface area contributed by atoms with Crippen LogP contribution < -0.4 is 10.6 Å². The molecule has 0 radical (unpaired) electrons. The number of carbonyl (C=O) groups is 4. The van der Waals surface area contributed by atoms with E-state index in [1.807, 2.05) is 13.8 Å². The molecule has 2 N–H and O–H groups in total. The Kier molecular flexibility index (Phi) is 10.2. The number of hydrogen-bond donors (Lipinski definition) is 2. The van der Waals surface area contributed by atoms with E-state index in [9.17, 15) is 19.2 Å². The maximum absolute atomic E-state index is 12.6. The number of esters is 1. The third-order valence-corrected chi connectivity index (χ3v) is 5.65. The van der Waals surface area contributed by atoms with Gasteiger partial charge in [-0.3, -0.25) is 19.2 Å². The third-order valence-electron chi connectivity index (χ3n) is 5.08. The normalized spacial score (nSPS) is 17.5. The van der Waals surface area contributed by atoms with Crippen molar-refractivity contribution in [2.45, 2.75) is 44.7 Å². The molecule has 1 amide bonds. The highest BCUT2D eigenvalue weighted by atomic mass is 35.5. The van der Waals surface area contributed by atoms with Crippen molar-refractivity contribution < 1.29 is 33.2 Å². The van der Waals surface area contributed by atoms with Crippen molar-refractivity contribution in [3.8, 4) is 0 Å². The van der Waals surface area contributed by atoms with Gasteiger partial charge in [0.1, 0.15) is 6.04 Å². The van der Waals surface area contributed by atoms with Crippen LogP contribution in [0.4, 0.5) is 0 Å². The number of methoxy groups -OCH3 is 1. The summed E-state index contributed by atoms with van der Waals surface area (Å²) in [6.07, 6.45) is -0.677. The zero-order valence-electron chi connectivity index (χ0n) is 18.9. The van der Waals surface area contributed by atoms with Crippen LogP contribution in [-0.2, 0) is 28.4 Å². The smallest absolute Gasteiger partial charge is 0.507 e. The van der Waals surface area contributed by atoms with Crippen molar-refractivity contribution in [3.63, 3.8) is 0 Å². The summed E-state index contributed by atoms with van der Waals surface area (Å²) in [5, 5.41) is 5.77. The van der Waals surface area contributed by atoms with Gasteiger partial charge in [0, 0.05) is 17.3 Å². The lowest BCUT2D eigenvalue weighted by Gasteiger charge is -2.21. The number of ether oxygens (including phenoxy) is 1. The monoisotopic (exact) mass is 500 g/mol. The Balaban J connectivity index is 2.03. The summed E-state index contributed by atoms with van der Waals surface area (Å²) in [5.41, 5.74) is 0.160. The fourth-order valence-electron chi connectivity index (χ4n) is 3.56. The summed E-state index contributed by atoms with van der Waals surface area (Å²) in [5.74, 6) is -2.49. The van der Waals surface area contributed by atoms with Gasteiger partial charge in [0.2, 0.25) is 0 Å². The second kappa shape index (κ2) is 12.4. The van der Waals surface area contributed by atoms with Crippen molar-refractivity contribution in [1.29, 1.82) is 0 Å². The van der Waals surface area contributed by atoms with E-state index in [1.54, 1.807) is 6.07 Å². The first-order chi connectivity index (χ1) is 15.6. The van der Waals surface area contributed by atoms with Crippen LogP contribution in [0.2, 0.25) is 15.9 Å². The van der Waals surface area contributed by atoms with Gasteiger partial charge in [0.05, 0.1) is 24.2 Å². The summed E-state index contributed by atoms with van der Waals surface area (Å²) >= 11 is 11.9. The Morgan fingerprint density at radius 2 is 1.94 bits per heavy atom. The van der Waals surface area contributed by atoms with Gasteiger partial charge in [0.15, 0.2) is 11.9 Å². The van der Waals surface area contributed by atoms with Gasteiger partial charge in [-0.05, 0) is 37.6 Å². The Bertz CT molecular complexity index is 899. The topological polar surface area (TPSA) is 120 Å². The molecule has 0 spiro atoms. The van der Waals surface area contributed by atoms with Crippen LogP contribution in [0.3, 0.4) is 0 Å². The van der Waals surface area contributed by atoms with Crippen LogP contribution in [0.5, 0.6) is 0 Å². The quantitative estimate of drug-likeness (QED) is 0.350. The standard InChI is InChI=1S/C21H27BCl2N2O7/c1-11(2)7-12(22-32-18(21(30)33-22)17(25-3)20(29)31-4)8-14(27)10-26-19(28)15-9-13(23)5-6-16(15)24/h5-6,9,11-12,17-18,25H,7-8,10H2,1-4H3,(H,26,28)/t12-,17-,18-/m1/s1. The molecule has 1 fully saturated rings. The van der Waals surface area contributed by atoms with Gasteiger partial charge in [-0.15, -0.1) is 0 Å². The zero-order chi connectivity index (χ0) is 24.7. The van der Waals surface area contributed by atoms with Crippen molar-refractivity contribution in [1.82, 2.24) is 10.6 Å². The largest absolute Gasteiger partial charge is 0.531 e. The molecule has 0 bridgehead atoms. The highest BCUT2D eigenvalue weighted by Gasteiger charge is 2.50. The number of likely N-dealkylation sites (N-methyl/N-ethyl adjacent to an activating group) is 1. The molecular weight excluding hydrogens is 474 g/mol. The minimum atomic E-state index is -1.19. The summed E-state index contributed by atoms with van der Waals surface area (Å²) in [6, 6.07) is 3.42. The molecule has 1 aromatic rings. The molecule has 33 heavy (non-hydrogen) atoms. The van der Waals surface area contributed by atoms with E-state index in [2.05, 4.69) is 10.6 Å². The average Bonchev–Trinajstić information content (AvgIpc) is 3.14. The highest BCUT2D eigenvalue weighted by molar-refractivity contribution is 6.51. The average molecular weight is 501 g/mol. The van der Waals surface area contributed by atoms with E-state index in [-0.39, 0.29) is 35.3 Å². The Hall–Kier alpha value is -2.14. The molecule has 1 aliphatic heterocycles. The Morgan fingerprint density at radius 3 is 2.55 bits per heavy atom. The van der Waals surface area contributed by atoms with Gasteiger partial charge in [0.25, 0.3) is 5.91 Å². The first-order valence-corrected chi connectivity index (χ1v) is 11.2. The number of ketones is 1. The van der Waals surface area contributed by atoms with Crippen molar-refractivity contribution in [3.05, 3.63) is 33.8 Å². The van der Waals surface area contributed by atoms with Crippen LogP contribution in [0.15, 0.2) is 18.2 Å². The number of rotatable bonds is 11. The van der Waals surface area contributed by atoms with Gasteiger partial charge < -0.3 is 24.7 Å². The summed E-state index contributed by atoms with van der Waals surface area (Å²) < 4.78 is 15.8. The highest BCUT2D eigenvalue weighted by Crippen LogP contribution is 2.31. The number of carbonyl (C=O) groups excluding carboxylic acids is 4. The van der Waals surface area contributed by atoms with Gasteiger partial charge >= 0.3 is 19.1 Å². The van der Waals surface area contributed by atoms with E-state index in [4.69, 9.17) is 37.2 Å². The number of Topliss-reactive ketones (excluding diaryl/α,β-unsaturated/α-hetero) is 1. The van der Waals surface area contributed by atoms with Crippen molar-refractivity contribution in [2.24, 2.45) is 5.92 Å². The van der Waals surface area contributed by atoms with Crippen LogP contribution in [0.25, 0.3) is 0 Å². The van der Waals surface area contributed by atoms with E-state index >= 15 is 0 Å². The third kappa shape index (κ3) is 7.43. The summed E-state index contributed by atoms with van der Waals surface area (Å²) in [6.45, 7) is 3.67. The number of nitrogens with one attached hydrogen (secondary N) is 2. The molecule has 180 valence electrons. The molecule has 1 saturated heterocycles. The van der Waals surface area contributed by atoms with Crippen molar-refractivity contribution >= 4 is 53.9 Å². The van der Waals surface area contributed by atoms with Crippen LogP contribution >= 0.6 is 23.2 Å². The minimum Gasteiger partial charge on any atom is -0.507 e. The SMILES string of the molecule is CN[C@@H](C(=O)OC)[C@H]1OB([C@@H](CC(=O)CNC(=O)c2cc(Cl)ccc2Cl)CC(C)C)OC1=O. The molecule has 0 unspecified atom stereocenters. The van der Waals surface area contributed by atoms with Crippen LogP contribution in [-0.4, -0.2) is 63.6 Å². The lowest BCUT2D eigenvalue weighted by molar-refractivity contribution is -0.150. The molecule has 2 rings (SSSR count). The molecule has 0 saturated carbocycles. The Morgan fingerprint density at radius 1 is 1.24 bits per heavy atom. The fourth-order valence-corrected chi connectivity index (χ4v) is 3.93. The number of benzene rings is 1. The summed E-state index contributed by atoms with van der Waals surface area (Å²) in [4.78, 5) is 49.3. The molecule has 0 aliphatic carbocycles. The fraction of sp³-hybridized carbons (Fsp3) is 0.524. The second-order valence-electron chi connectivity index (χ2n) is 8.09. The maximum atomic E-state index is 12.6. The predicted molar refractivity (Wildman–Crippen MR) is 123 cm³/mol. The summed E-state index contributed by atoms with van der Waals surface area (Å²) in [7, 11) is 1.69. The predicted octanol–water partition coefficient (Wildman–Crippen LogP) is 2.29. The van der Waals surface area contributed by atoms with Crippen LogP contribution in [0, 0.1) is 5.92 Å². The molecular formula is C21H27BCl2N2O7. The molecule has 1 heterocycles. The number of amides is 1. The van der Waals surface area contributed by atoms with Gasteiger partial charge in [-0.1, -0.05) is 37.0 Å². The van der Waals surface area contributed by atoms with E-state index in [1.165, 1.54) is 26.3 Å². The minimum absolute atomic E-state index is 0.00511. The molecule has 1 aliphatic rings. The number of hydrogen-bond acceptors (Lipinski definition) is 8. The van der Waals surface area contributed by atoms with Gasteiger partial charge in [-0.2, -0.15) is 0 Å². The lowest BCUT2D eigenvalue weighted by atomic mass is 9.65. The lowest BCUT2D eigenvalue weighted by Crippen LogP contribution is -2.48. The molecule has 1 aromatic carbocycles. The number of halogens is 2. The van der Waals surface area contributed by atoms with E-state index < -0.39 is 42.9 Å². The maximum Gasteiger partial charge on any atom is 0.531 e. The van der Waals surface area contributed by atoms with Crippen molar-refractivity contribution in [2.75, 3.05) is 20.7 Å². The second-order valence-corrected chi connectivity index (χ2v) is 8.93. The van der Waals surface area contributed by atoms with Crippen LogP contribution in [0.1, 0.15) is 37.0 Å². The Labute approximate surface area is 202 Å². The van der Waals surface area contributed by atoms with Gasteiger partial charge in [-0.25, -0.2) is 0 Å². The first kappa shape index (κ1) is 27.1. The molecule has 0 aromatic heterocycles. The molecule has 3 atom stereocenters. The van der Waals surface area contributed by atoms with E-state index in [0.29, 0.717) is 11.4 Å². The van der Waals surface area contributed by atoms with E-state index in [0.717, 1.165) is 0 Å². The first-order valence-electron chi connectivity index (χ1n) is 10.4.